The zero-order chi connectivity index (χ0) is 18.5. The van der Waals surface area contributed by atoms with E-state index < -0.39 is 0 Å². The first kappa shape index (κ1) is 16.2. The summed E-state index contributed by atoms with van der Waals surface area (Å²) in [6.07, 6.45) is 6.74. The molecule has 2 aromatic heterocycles. The molecule has 0 radical (unpaired) electrons. The van der Waals surface area contributed by atoms with Gasteiger partial charge in [-0.05, 0) is 51.3 Å². The number of aryl methyl sites for hydroxylation is 1. The van der Waals surface area contributed by atoms with E-state index in [0.29, 0.717) is 12.0 Å². The maximum Gasteiger partial charge on any atom is 0.230 e. The fourth-order valence-electron chi connectivity index (χ4n) is 4.36. The second kappa shape index (κ2) is 6.04. The highest BCUT2D eigenvalue weighted by atomic mass is 16.2. The van der Waals surface area contributed by atoms with E-state index in [9.17, 15) is 4.79 Å². The Bertz CT molecular complexity index is 1040. The average molecular weight is 362 g/mol. The molecule has 5 rings (SSSR count). The Morgan fingerprint density at radius 1 is 1.26 bits per heavy atom. The first-order valence-corrected chi connectivity index (χ1v) is 9.53. The zero-order valence-electron chi connectivity index (χ0n) is 15.5. The van der Waals surface area contributed by atoms with Gasteiger partial charge in [0.1, 0.15) is 0 Å². The van der Waals surface area contributed by atoms with Gasteiger partial charge in [0, 0.05) is 35.8 Å². The molecule has 2 unspecified atom stereocenters. The number of hydrogen-bond donors (Lipinski definition) is 1. The molecular weight excluding hydrogens is 340 g/mol. The molecular formula is C20H22N6O. The number of nitrogens with zero attached hydrogens (tertiary/aromatic N) is 5. The van der Waals surface area contributed by atoms with E-state index in [1.165, 1.54) is 0 Å². The van der Waals surface area contributed by atoms with Crippen molar-refractivity contribution in [2.45, 2.75) is 45.7 Å². The highest BCUT2D eigenvalue weighted by Crippen LogP contribution is 2.41. The summed E-state index contributed by atoms with van der Waals surface area (Å²) in [5, 5.41) is 8.56. The largest absolute Gasteiger partial charge is 0.321 e. The van der Waals surface area contributed by atoms with Crippen molar-refractivity contribution in [3.05, 3.63) is 36.3 Å². The number of fused-ring (bicyclic) bond motifs is 3. The third-order valence-corrected chi connectivity index (χ3v) is 5.85. The lowest BCUT2D eigenvalue weighted by Crippen LogP contribution is -2.36. The molecule has 3 heterocycles. The first-order chi connectivity index (χ1) is 13.1. The lowest BCUT2D eigenvalue weighted by Gasteiger charge is -2.27. The van der Waals surface area contributed by atoms with Crippen molar-refractivity contribution in [1.29, 1.82) is 0 Å². The van der Waals surface area contributed by atoms with E-state index in [2.05, 4.69) is 27.3 Å². The minimum Gasteiger partial charge on any atom is -0.321 e. The van der Waals surface area contributed by atoms with Crippen LogP contribution in [0.25, 0.3) is 10.9 Å². The molecule has 7 nitrogen and oxygen atoms in total. The van der Waals surface area contributed by atoms with Crippen molar-refractivity contribution in [1.82, 2.24) is 19.7 Å². The molecule has 2 aliphatic rings. The fourth-order valence-corrected chi connectivity index (χ4v) is 4.36. The topological polar surface area (TPSA) is 75.9 Å². The summed E-state index contributed by atoms with van der Waals surface area (Å²) in [4.78, 5) is 23.6. The number of carbonyl (C=O) groups is 1. The summed E-state index contributed by atoms with van der Waals surface area (Å²) in [6, 6.07) is 6.35. The van der Waals surface area contributed by atoms with Crippen LogP contribution in [0.1, 0.15) is 31.9 Å². The lowest BCUT2D eigenvalue weighted by atomic mass is 10.1. The number of benzene rings is 1. The Kier molecular flexibility index (Phi) is 3.63. The summed E-state index contributed by atoms with van der Waals surface area (Å²) >= 11 is 0. The molecule has 1 amide bonds. The van der Waals surface area contributed by atoms with Crippen LogP contribution in [0.2, 0.25) is 0 Å². The van der Waals surface area contributed by atoms with Crippen LogP contribution < -0.4 is 10.2 Å². The van der Waals surface area contributed by atoms with E-state index in [4.69, 9.17) is 0 Å². The van der Waals surface area contributed by atoms with Crippen LogP contribution in [-0.4, -0.2) is 31.7 Å². The molecule has 1 saturated carbocycles. The summed E-state index contributed by atoms with van der Waals surface area (Å²) < 4.78 is 1.93. The molecule has 27 heavy (non-hydrogen) atoms. The van der Waals surface area contributed by atoms with Gasteiger partial charge in [-0.25, -0.2) is 9.97 Å². The van der Waals surface area contributed by atoms with Crippen LogP contribution in [-0.2, 0) is 11.3 Å². The van der Waals surface area contributed by atoms with Gasteiger partial charge in [-0.15, -0.1) is 0 Å². The van der Waals surface area contributed by atoms with Gasteiger partial charge in [0.05, 0.1) is 23.1 Å². The normalized spacial score (nSPS) is 21.4. The molecule has 0 spiro atoms. The van der Waals surface area contributed by atoms with Crippen LogP contribution >= 0.6 is 0 Å². The summed E-state index contributed by atoms with van der Waals surface area (Å²) in [6.45, 7) is 4.90. The standard InChI is InChI=1S/C20H22N6O/c1-3-25-12(2)18(11-22-25)24-20-21-10-14-5-7-16(9-17(14)23-20)26-15-6-4-13(8-15)19(26)27/h5,7,9-11,13,15H,3-4,6,8H2,1-2H3,(H,21,23,24). The number of aromatic nitrogens is 4. The van der Waals surface area contributed by atoms with Crippen LogP contribution in [0.15, 0.2) is 30.6 Å². The molecule has 3 aromatic rings. The first-order valence-electron chi connectivity index (χ1n) is 9.53. The SMILES string of the molecule is CCn1ncc(Nc2ncc3ccc(N4C(=O)C5CCC4C5)cc3n2)c1C. The summed E-state index contributed by atoms with van der Waals surface area (Å²) in [5.74, 6) is 1.01. The number of anilines is 3. The number of nitrogens with one attached hydrogen (secondary N) is 1. The van der Waals surface area contributed by atoms with Gasteiger partial charge in [0.25, 0.3) is 0 Å². The lowest BCUT2D eigenvalue weighted by molar-refractivity contribution is -0.121. The Labute approximate surface area is 157 Å². The molecule has 2 atom stereocenters. The summed E-state index contributed by atoms with van der Waals surface area (Å²) in [5.41, 5.74) is 3.73. The smallest absolute Gasteiger partial charge is 0.230 e. The highest BCUT2D eigenvalue weighted by Gasteiger charge is 2.45. The molecule has 7 heteroatoms. The van der Waals surface area contributed by atoms with Gasteiger partial charge < -0.3 is 10.2 Å². The van der Waals surface area contributed by atoms with Gasteiger partial charge >= 0.3 is 0 Å². The predicted octanol–water partition coefficient (Wildman–Crippen LogP) is 3.41. The van der Waals surface area contributed by atoms with Gasteiger partial charge in [-0.2, -0.15) is 5.10 Å². The van der Waals surface area contributed by atoms with Crippen molar-refractivity contribution in [2.24, 2.45) is 5.92 Å². The highest BCUT2D eigenvalue weighted by molar-refractivity contribution is 6.00. The zero-order valence-corrected chi connectivity index (χ0v) is 15.5. The number of carbonyl (C=O) groups excluding carboxylic acids is 1. The van der Waals surface area contributed by atoms with Crippen molar-refractivity contribution in [2.75, 3.05) is 10.2 Å². The molecule has 1 saturated heterocycles. The minimum atomic E-state index is 0.214. The average Bonchev–Trinajstić information content (AvgIpc) is 3.37. The van der Waals surface area contributed by atoms with Crippen molar-refractivity contribution in [3.8, 4) is 0 Å². The van der Waals surface area contributed by atoms with Crippen molar-refractivity contribution < 1.29 is 4.79 Å². The molecule has 1 aromatic carbocycles. The molecule has 1 N–H and O–H groups in total. The monoisotopic (exact) mass is 362 g/mol. The molecule has 138 valence electrons. The van der Waals surface area contributed by atoms with Crippen molar-refractivity contribution >= 4 is 34.1 Å². The summed E-state index contributed by atoms with van der Waals surface area (Å²) in [7, 11) is 0. The van der Waals surface area contributed by atoms with Crippen LogP contribution in [0, 0.1) is 12.8 Å². The maximum atomic E-state index is 12.6. The second-order valence-electron chi connectivity index (χ2n) is 7.39. The van der Waals surface area contributed by atoms with Crippen molar-refractivity contribution in [3.63, 3.8) is 0 Å². The predicted molar refractivity (Wildman–Crippen MR) is 104 cm³/mol. The van der Waals surface area contributed by atoms with Crippen LogP contribution in [0.5, 0.6) is 0 Å². The second-order valence-corrected chi connectivity index (χ2v) is 7.39. The molecule has 1 aliphatic heterocycles. The maximum absolute atomic E-state index is 12.6. The van der Waals surface area contributed by atoms with Crippen LogP contribution in [0.4, 0.5) is 17.3 Å². The Morgan fingerprint density at radius 2 is 2.15 bits per heavy atom. The van der Waals surface area contributed by atoms with E-state index in [1.807, 2.05) is 40.9 Å². The Hall–Kier alpha value is -2.96. The van der Waals surface area contributed by atoms with E-state index in [1.54, 1.807) is 6.20 Å². The fraction of sp³-hybridized carbons (Fsp3) is 0.400. The third-order valence-electron chi connectivity index (χ3n) is 5.85. The number of hydrogen-bond acceptors (Lipinski definition) is 5. The third kappa shape index (κ3) is 2.57. The van der Waals surface area contributed by atoms with E-state index in [-0.39, 0.29) is 11.8 Å². The van der Waals surface area contributed by atoms with E-state index >= 15 is 0 Å². The molecule has 1 aliphatic carbocycles. The quantitative estimate of drug-likeness (QED) is 0.770. The Morgan fingerprint density at radius 3 is 2.89 bits per heavy atom. The van der Waals surface area contributed by atoms with E-state index in [0.717, 1.165) is 53.8 Å². The number of piperidine rings is 1. The number of amides is 1. The minimum absolute atomic E-state index is 0.214. The number of rotatable bonds is 4. The molecule has 2 bridgehead atoms. The van der Waals surface area contributed by atoms with Gasteiger partial charge in [0.15, 0.2) is 0 Å². The van der Waals surface area contributed by atoms with Gasteiger partial charge in [-0.1, -0.05) is 0 Å². The molecule has 2 fully saturated rings. The van der Waals surface area contributed by atoms with Gasteiger partial charge in [-0.3, -0.25) is 9.48 Å². The van der Waals surface area contributed by atoms with Gasteiger partial charge in [0.2, 0.25) is 11.9 Å². The van der Waals surface area contributed by atoms with Crippen LogP contribution in [0.3, 0.4) is 0 Å². The Balaban J connectivity index is 1.47.